The van der Waals surface area contributed by atoms with Gasteiger partial charge in [0.1, 0.15) is 0 Å². The highest BCUT2D eigenvalue weighted by molar-refractivity contribution is 8.00. The quantitative estimate of drug-likeness (QED) is 0.357. The number of hydrogen-bond acceptors (Lipinski definition) is 4. The van der Waals surface area contributed by atoms with Crippen molar-refractivity contribution in [3.8, 4) is 0 Å². The van der Waals surface area contributed by atoms with Crippen molar-refractivity contribution < 1.29 is 28.7 Å². The molecule has 1 aliphatic carbocycles. The summed E-state index contributed by atoms with van der Waals surface area (Å²) in [6.07, 6.45) is 7.45. The third kappa shape index (κ3) is 10.9. The second-order valence-corrected chi connectivity index (χ2v) is 10.3. The highest BCUT2D eigenvalue weighted by Gasteiger charge is 2.42. The third-order valence-electron chi connectivity index (χ3n) is 3.04. The average molecular weight is 363 g/mol. The van der Waals surface area contributed by atoms with Crippen molar-refractivity contribution in [1.82, 2.24) is 0 Å². The highest BCUT2D eigenvalue weighted by Crippen LogP contribution is 2.60. The summed E-state index contributed by atoms with van der Waals surface area (Å²) in [7, 11) is -9.44. The van der Waals surface area contributed by atoms with Crippen molar-refractivity contribution in [3.05, 3.63) is 0 Å². The van der Waals surface area contributed by atoms with Crippen LogP contribution in [0.5, 0.6) is 0 Å². The predicted molar refractivity (Wildman–Crippen MR) is 86.6 cm³/mol. The first-order chi connectivity index (χ1) is 9.59. The zero-order valence-corrected chi connectivity index (χ0v) is 14.9. The maximum absolute atomic E-state index is 10.8. The lowest BCUT2D eigenvalue weighted by Crippen LogP contribution is -2.22. The Balaban J connectivity index is 0.000000471. The molecule has 1 aliphatic rings. The predicted octanol–water partition coefficient (Wildman–Crippen LogP) is 2.09. The van der Waals surface area contributed by atoms with E-state index >= 15 is 0 Å². The van der Waals surface area contributed by atoms with E-state index in [1.54, 1.807) is 0 Å². The van der Waals surface area contributed by atoms with Gasteiger partial charge in [-0.15, -0.1) is 0 Å². The van der Waals surface area contributed by atoms with E-state index in [0.29, 0.717) is 11.8 Å². The summed E-state index contributed by atoms with van der Waals surface area (Å²) in [4.78, 5) is 34.9. The molecular weight excluding hydrogens is 336 g/mol. The van der Waals surface area contributed by atoms with E-state index in [2.05, 4.69) is 0 Å². The molecule has 10 heteroatoms. The summed E-state index contributed by atoms with van der Waals surface area (Å²) in [5, 5.41) is -1.87. The van der Waals surface area contributed by atoms with Crippen LogP contribution in [0.4, 0.5) is 0 Å². The molecule has 7 nitrogen and oxygen atoms in total. The molecule has 0 heterocycles. The Morgan fingerprint density at radius 2 is 1.57 bits per heavy atom. The Bertz CT molecular complexity index is 344. The molecule has 1 fully saturated rings. The van der Waals surface area contributed by atoms with Crippen LogP contribution in [0.25, 0.3) is 0 Å². The molecule has 0 aliphatic heterocycles. The SMILES string of the molecule is CCCSCC(P(=O)(O)O)P(=O)(O)O.NC1CCCCC1. The summed E-state index contributed by atoms with van der Waals surface area (Å²) in [6, 6.07) is 0.536. The zero-order chi connectivity index (χ0) is 16.5. The minimum absolute atomic E-state index is 0.220. The van der Waals surface area contributed by atoms with E-state index in [4.69, 9.17) is 25.3 Å². The largest absolute Gasteiger partial charge is 0.341 e. The normalized spacial score (nSPS) is 17.5. The van der Waals surface area contributed by atoms with Crippen LogP contribution in [-0.4, -0.2) is 42.5 Å². The molecule has 0 amide bonds. The smallest absolute Gasteiger partial charge is 0.328 e. The molecule has 0 aromatic carbocycles. The van der Waals surface area contributed by atoms with Gasteiger partial charge in [-0.1, -0.05) is 26.2 Å². The number of rotatable bonds is 6. The van der Waals surface area contributed by atoms with Crippen molar-refractivity contribution in [2.75, 3.05) is 11.5 Å². The number of hydrogen-bond donors (Lipinski definition) is 5. The van der Waals surface area contributed by atoms with E-state index in [0.717, 1.165) is 18.2 Å². The fraction of sp³-hybridized carbons (Fsp3) is 1.00. The lowest BCUT2D eigenvalue weighted by atomic mass is 9.97. The van der Waals surface area contributed by atoms with Crippen molar-refractivity contribution in [1.29, 1.82) is 0 Å². The van der Waals surface area contributed by atoms with Gasteiger partial charge in [-0.3, -0.25) is 9.13 Å². The highest BCUT2D eigenvalue weighted by atomic mass is 32.2. The first-order valence-electron chi connectivity index (χ1n) is 7.02. The van der Waals surface area contributed by atoms with Crippen LogP contribution >= 0.6 is 27.0 Å². The Kier molecular flexibility index (Phi) is 10.7. The third-order valence-corrected chi connectivity index (χ3v) is 8.52. The molecule has 128 valence electrons. The molecule has 0 radical (unpaired) electrons. The van der Waals surface area contributed by atoms with Gasteiger partial charge < -0.3 is 25.3 Å². The van der Waals surface area contributed by atoms with Gasteiger partial charge in [0, 0.05) is 11.8 Å². The van der Waals surface area contributed by atoms with Gasteiger partial charge in [0.05, 0.1) is 0 Å². The zero-order valence-electron chi connectivity index (χ0n) is 12.3. The van der Waals surface area contributed by atoms with E-state index in [1.807, 2.05) is 6.92 Å². The Hall–Kier alpha value is 0.610. The molecule has 0 saturated heterocycles. The first kappa shape index (κ1) is 21.6. The van der Waals surface area contributed by atoms with Gasteiger partial charge in [0.15, 0.2) is 5.40 Å². The Morgan fingerprint density at radius 1 is 1.10 bits per heavy atom. The summed E-state index contributed by atoms with van der Waals surface area (Å²) in [5.41, 5.74) is 5.63. The summed E-state index contributed by atoms with van der Waals surface area (Å²) >= 11 is 1.13. The van der Waals surface area contributed by atoms with Crippen LogP contribution in [0.3, 0.4) is 0 Å². The standard InChI is InChI=1S/C6H13N.C5H14O6P2S/c7-6-4-2-1-3-5-6;1-2-3-14-4-5(12(6,7)8)13(9,10)11/h6H,1-5,7H2;5H,2-4H2,1H3,(H2,6,7,8)(H2,9,10,11). The van der Waals surface area contributed by atoms with Gasteiger partial charge in [0.25, 0.3) is 0 Å². The lowest BCUT2D eigenvalue weighted by molar-refractivity contribution is 0.343. The van der Waals surface area contributed by atoms with E-state index in [-0.39, 0.29) is 5.75 Å². The van der Waals surface area contributed by atoms with Gasteiger partial charge in [-0.25, -0.2) is 0 Å². The molecule has 0 spiro atoms. The average Bonchev–Trinajstić information content (AvgIpc) is 2.33. The van der Waals surface area contributed by atoms with Gasteiger partial charge in [-0.2, -0.15) is 11.8 Å². The lowest BCUT2D eigenvalue weighted by Gasteiger charge is -2.18. The van der Waals surface area contributed by atoms with Crippen molar-refractivity contribution >= 4 is 27.0 Å². The fourth-order valence-corrected chi connectivity index (χ4v) is 6.28. The molecule has 6 N–H and O–H groups in total. The van der Waals surface area contributed by atoms with Crippen LogP contribution in [0.15, 0.2) is 0 Å². The summed E-state index contributed by atoms with van der Waals surface area (Å²) in [6.45, 7) is 1.87. The summed E-state index contributed by atoms with van der Waals surface area (Å²) in [5.74, 6) is 0.402. The molecule has 21 heavy (non-hydrogen) atoms. The molecule has 0 aromatic rings. The molecule has 0 aromatic heterocycles. The Morgan fingerprint density at radius 3 is 1.86 bits per heavy atom. The minimum Gasteiger partial charge on any atom is -0.328 e. The molecule has 0 atom stereocenters. The van der Waals surface area contributed by atoms with Gasteiger partial charge in [0.2, 0.25) is 0 Å². The van der Waals surface area contributed by atoms with Crippen LogP contribution < -0.4 is 5.73 Å². The van der Waals surface area contributed by atoms with Crippen molar-refractivity contribution in [3.63, 3.8) is 0 Å². The molecule has 1 rings (SSSR count). The monoisotopic (exact) mass is 363 g/mol. The van der Waals surface area contributed by atoms with Crippen LogP contribution in [-0.2, 0) is 9.13 Å². The van der Waals surface area contributed by atoms with Crippen molar-refractivity contribution in [2.45, 2.75) is 56.9 Å². The van der Waals surface area contributed by atoms with Crippen LogP contribution in [0.1, 0.15) is 45.4 Å². The van der Waals surface area contributed by atoms with Crippen molar-refractivity contribution in [2.24, 2.45) is 5.73 Å². The second-order valence-electron chi connectivity index (χ2n) is 5.13. The van der Waals surface area contributed by atoms with E-state index in [9.17, 15) is 9.13 Å². The molecule has 1 saturated carbocycles. The van der Waals surface area contributed by atoms with Crippen LogP contribution in [0.2, 0.25) is 0 Å². The van der Waals surface area contributed by atoms with E-state index < -0.39 is 20.6 Å². The van der Waals surface area contributed by atoms with Crippen LogP contribution in [0, 0.1) is 0 Å². The minimum atomic E-state index is -4.72. The van der Waals surface area contributed by atoms with Gasteiger partial charge in [-0.05, 0) is 25.0 Å². The number of nitrogens with two attached hydrogens (primary N) is 1. The number of thioether (sulfide) groups is 1. The molecule has 0 bridgehead atoms. The second kappa shape index (κ2) is 10.4. The topological polar surface area (TPSA) is 141 Å². The Labute approximate surface area is 130 Å². The first-order valence-corrected chi connectivity index (χ1v) is 11.5. The van der Waals surface area contributed by atoms with Gasteiger partial charge >= 0.3 is 15.2 Å². The summed E-state index contributed by atoms with van der Waals surface area (Å²) < 4.78 is 21.5. The maximum Gasteiger partial charge on any atom is 0.341 e. The molecule has 0 unspecified atom stereocenters. The maximum atomic E-state index is 10.8. The molecular formula is C11H27NO6P2S. The fourth-order valence-electron chi connectivity index (χ4n) is 1.86. The van der Waals surface area contributed by atoms with E-state index in [1.165, 1.54) is 32.1 Å².